The normalized spacial score (nSPS) is 16.5. The highest BCUT2D eigenvalue weighted by molar-refractivity contribution is 7.91. The molecule has 13 heteroatoms. The quantitative estimate of drug-likeness (QED) is 0.165. The number of anilines is 2. The summed E-state index contributed by atoms with van der Waals surface area (Å²) in [4.78, 5) is 26.6. The van der Waals surface area contributed by atoms with Crippen LogP contribution in [-0.4, -0.2) is 71.8 Å². The number of benzene rings is 3. The number of ether oxygens (including phenoxy) is 2. The maximum Gasteiger partial charge on any atom is 0.407 e. The Labute approximate surface area is 272 Å². The first-order chi connectivity index (χ1) is 22.7. The maximum absolute atomic E-state index is 13.1. The van der Waals surface area contributed by atoms with Crippen molar-refractivity contribution < 1.29 is 27.8 Å². The Morgan fingerprint density at radius 1 is 0.957 bits per heavy atom. The van der Waals surface area contributed by atoms with Crippen molar-refractivity contribution in [2.24, 2.45) is 0 Å². The molecule has 0 unspecified atom stereocenters. The summed E-state index contributed by atoms with van der Waals surface area (Å²) in [6.07, 6.45) is 2.58. The summed E-state index contributed by atoms with van der Waals surface area (Å²) in [5.74, 6) is 1.01. The van der Waals surface area contributed by atoms with Crippen molar-refractivity contribution in [2.45, 2.75) is 31.2 Å². The van der Waals surface area contributed by atoms with E-state index in [4.69, 9.17) is 14.5 Å². The lowest BCUT2D eigenvalue weighted by molar-refractivity contribution is 0.0286. The number of methoxy groups -OCH3 is 1. The van der Waals surface area contributed by atoms with E-state index < -0.39 is 16.1 Å². The van der Waals surface area contributed by atoms with Crippen LogP contribution in [0.1, 0.15) is 17.5 Å². The van der Waals surface area contributed by atoms with Crippen LogP contribution in [0.5, 0.6) is 11.6 Å². The smallest absolute Gasteiger partial charge is 0.407 e. The molecule has 3 aromatic carbocycles. The highest BCUT2D eigenvalue weighted by Crippen LogP contribution is 2.39. The third kappa shape index (κ3) is 7.42. The standard InChI is InChI=1S/C34H34N6O6S/c1-22-13-14-26-27(10-6-12-30(26)39-47(43,44)21-23-8-4-3-5-9-23)31(22)46-32-28(11-7-16-35-32)29-15-17-36-33(38-29)37-24-18-25(45-2)20-40(19-24)34(41)42/h3-17,24-25,39H,18-21H2,1-2H3,(H,41,42)(H,36,37,38)/t24-,25+/m0/s1. The van der Waals surface area contributed by atoms with Gasteiger partial charge in [-0.2, -0.15) is 0 Å². The number of hydrogen-bond donors (Lipinski definition) is 3. The maximum atomic E-state index is 13.1. The molecule has 5 aromatic rings. The van der Waals surface area contributed by atoms with Crippen molar-refractivity contribution in [3.63, 3.8) is 0 Å². The average Bonchev–Trinajstić information content (AvgIpc) is 3.06. The molecular formula is C34H34N6O6S. The number of hydrogen-bond acceptors (Lipinski definition) is 9. The first-order valence-electron chi connectivity index (χ1n) is 15.0. The van der Waals surface area contributed by atoms with Crippen LogP contribution in [0.15, 0.2) is 91.3 Å². The predicted octanol–water partition coefficient (Wildman–Crippen LogP) is 5.91. The molecule has 1 aliphatic rings. The minimum atomic E-state index is -3.69. The van der Waals surface area contributed by atoms with Crippen LogP contribution in [0.4, 0.5) is 16.4 Å². The van der Waals surface area contributed by atoms with Gasteiger partial charge in [0.15, 0.2) is 0 Å². The summed E-state index contributed by atoms with van der Waals surface area (Å²) < 4.78 is 40.9. The van der Waals surface area contributed by atoms with Crippen molar-refractivity contribution in [1.82, 2.24) is 19.9 Å². The number of amides is 1. The van der Waals surface area contributed by atoms with E-state index in [0.717, 1.165) is 5.56 Å². The molecule has 0 bridgehead atoms. The van der Waals surface area contributed by atoms with Crippen molar-refractivity contribution in [3.05, 3.63) is 102 Å². The van der Waals surface area contributed by atoms with Gasteiger partial charge in [0.2, 0.25) is 21.9 Å². The summed E-state index contributed by atoms with van der Waals surface area (Å²) in [7, 11) is -2.13. The third-order valence-electron chi connectivity index (χ3n) is 7.92. The van der Waals surface area contributed by atoms with E-state index in [1.54, 1.807) is 55.9 Å². The van der Waals surface area contributed by atoms with Gasteiger partial charge in [-0.25, -0.2) is 28.2 Å². The Morgan fingerprint density at radius 3 is 2.57 bits per heavy atom. The van der Waals surface area contributed by atoms with Crippen LogP contribution < -0.4 is 14.8 Å². The van der Waals surface area contributed by atoms with Crippen molar-refractivity contribution in [3.8, 4) is 22.9 Å². The minimum absolute atomic E-state index is 0.155. The lowest BCUT2D eigenvalue weighted by Crippen LogP contribution is -2.51. The summed E-state index contributed by atoms with van der Waals surface area (Å²) >= 11 is 0. The fourth-order valence-corrected chi connectivity index (χ4v) is 6.89. The van der Waals surface area contributed by atoms with Crippen LogP contribution in [-0.2, 0) is 20.5 Å². The number of carbonyl (C=O) groups is 1. The summed E-state index contributed by atoms with van der Waals surface area (Å²) in [6.45, 7) is 2.49. The molecule has 3 heterocycles. The number of nitrogens with zero attached hydrogens (tertiary/aromatic N) is 4. The zero-order valence-electron chi connectivity index (χ0n) is 25.8. The van der Waals surface area contributed by atoms with Gasteiger partial charge < -0.3 is 24.8 Å². The largest absolute Gasteiger partial charge is 0.465 e. The molecule has 0 radical (unpaired) electrons. The van der Waals surface area contributed by atoms with E-state index in [9.17, 15) is 18.3 Å². The first kappa shape index (κ1) is 31.7. The van der Waals surface area contributed by atoms with E-state index in [0.29, 0.717) is 63.8 Å². The number of likely N-dealkylation sites (tertiary alicyclic amines) is 1. The lowest BCUT2D eigenvalue weighted by atomic mass is 10.0. The molecule has 2 aromatic heterocycles. The van der Waals surface area contributed by atoms with Crippen LogP contribution >= 0.6 is 0 Å². The average molecular weight is 655 g/mol. The van der Waals surface area contributed by atoms with E-state index in [2.05, 4.69) is 20.0 Å². The van der Waals surface area contributed by atoms with Gasteiger partial charge in [-0.15, -0.1) is 0 Å². The van der Waals surface area contributed by atoms with Crippen molar-refractivity contribution in [1.29, 1.82) is 0 Å². The molecule has 1 saturated heterocycles. The second kappa shape index (κ2) is 13.6. The number of aryl methyl sites for hydroxylation is 1. The fourth-order valence-electron chi connectivity index (χ4n) is 5.67. The highest BCUT2D eigenvalue weighted by atomic mass is 32.2. The number of pyridine rings is 1. The molecule has 6 rings (SSSR count). The molecule has 47 heavy (non-hydrogen) atoms. The van der Waals surface area contributed by atoms with Gasteiger partial charge in [0.1, 0.15) is 5.75 Å². The minimum Gasteiger partial charge on any atom is -0.465 e. The number of piperidine rings is 1. The van der Waals surface area contributed by atoms with E-state index in [1.807, 2.05) is 49.4 Å². The monoisotopic (exact) mass is 654 g/mol. The molecule has 242 valence electrons. The molecular weight excluding hydrogens is 620 g/mol. The zero-order chi connectivity index (χ0) is 33.0. The molecule has 2 atom stereocenters. The predicted molar refractivity (Wildman–Crippen MR) is 179 cm³/mol. The van der Waals surface area contributed by atoms with Gasteiger partial charge in [0.05, 0.1) is 35.3 Å². The van der Waals surface area contributed by atoms with Crippen LogP contribution in [0.2, 0.25) is 0 Å². The molecule has 0 saturated carbocycles. The third-order valence-corrected chi connectivity index (χ3v) is 9.17. The van der Waals surface area contributed by atoms with Gasteiger partial charge in [-0.3, -0.25) is 4.72 Å². The Hall–Kier alpha value is -5.27. The second-order valence-corrected chi connectivity index (χ2v) is 13.0. The molecule has 1 fully saturated rings. The second-order valence-electron chi connectivity index (χ2n) is 11.3. The van der Waals surface area contributed by atoms with E-state index in [1.165, 1.54) is 4.90 Å². The van der Waals surface area contributed by atoms with Gasteiger partial charge >= 0.3 is 6.09 Å². The van der Waals surface area contributed by atoms with Crippen LogP contribution in [0.25, 0.3) is 22.0 Å². The zero-order valence-corrected chi connectivity index (χ0v) is 26.6. The van der Waals surface area contributed by atoms with Gasteiger partial charge in [0, 0.05) is 42.9 Å². The Morgan fingerprint density at radius 2 is 1.79 bits per heavy atom. The molecule has 1 amide bonds. The Balaban J connectivity index is 1.27. The van der Waals surface area contributed by atoms with E-state index >= 15 is 0 Å². The number of carboxylic acid groups (broad SMARTS) is 1. The number of aromatic nitrogens is 3. The molecule has 12 nitrogen and oxygen atoms in total. The summed E-state index contributed by atoms with van der Waals surface area (Å²) in [6, 6.07) is 23.2. The van der Waals surface area contributed by atoms with Crippen LogP contribution in [0.3, 0.4) is 0 Å². The SMILES string of the molecule is CO[C@@H]1C[C@H](Nc2nccc(-c3cccnc3Oc3c(C)ccc4c(NS(=O)(=O)Cc5ccccc5)cccc34)n2)CN(C(=O)O)C1. The molecule has 0 aliphatic carbocycles. The van der Waals surface area contributed by atoms with Gasteiger partial charge in [-0.05, 0) is 48.7 Å². The molecule has 0 spiro atoms. The topological polar surface area (TPSA) is 156 Å². The molecule has 1 aliphatic heterocycles. The van der Waals surface area contributed by atoms with Crippen molar-refractivity contribution >= 4 is 38.5 Å². The Bertz CT molecular complexity index is 2010. The van der Waals surface area contributed by atoms with Crippen molar-refractivity contribution in [2.75, 3.05) is 30.2 Å². The van der Waals surface area contributed by atoms with Crippen LogP contribution in [0, 0.1) is 6.92 Å². The molecule has 3 N–H and O–H groups in total. The number of rotatable bonds is 10. The number of fused-ring (bicyclic) bond motifs is 1. The first-order valence-corrected chi connectivity index (χ1v) is 16.6. The Kier molecular flexibility index (Phi) is 9.18. The highest BCUT2D eigenvalue weighted by Gasteiger charge is 2.30. The fraction of sp³-hybridized carbons (Fsp3) is 0.235. The summed E-state index contributed by atoms with van der Waals surface area (Å²) in [5.41, 5.74) is 3.12. The lowest BCUT2D eigenvalue weighted by Gasteiger charge is -2.35. The number of sulfonamides is 1. The van der Waals surface area contributed by atoms with Gasteiger partial charge in [0.25, 0.3) is 0 Å². The number of nitrogens with one attached hydrogen (secondary N) is 2. The van der Waals surface area contributed by atoms with Gasteiger partial charge in [-0.1, -0.05) is 54.6 Å². The summed E-state index contributed by atoms with van der Waals surface area (Å²) in [5, 5.41) is 14.2. The van der Waals surface area contributed by atoms with E-state index in [-0.39, 0.29) is 24.4 Å².